The van der Waals surface area contributed by atoms with Crippen molar-refractivity contribution in [2.75, 3.05) is 5.32 Å². The van der Waals surface area contributed by atoms with Crippen molar-refractivity contribution in [3.63, 3.8) is 0 Å². The van der Waals surface area contributed by atoms with Crippen LogP contribution in [0.4, 0.5) is 14.9 Å². The molecule has 2 heterocycles. The molecular weight excluding hydrogens is 407 g/mol. The topological polar surface area (TPSA) is 85.6 Å². The first-order valence-electron chi connectivity index (χ1n) is 10.4. The number of nitrogens with one attached hydrogen (secondary N) is 1. The summed E-state index contributed by atoms with van der Waals surface area (Å²) >= 11 is 0. The molecule has 3 atom stereocenters. The fourth-order valence-corrected chi connectivity index (χ4v) is 5.50. The van der Waals surface area contributed by atoms with Gasteiger partial charge in [0.25, 0.3) is 0 Å². The molecule has 5 rings (SSSR count). The number of thiol groups is 1. The summed E-state index contributed by atoms with van der Waals surface area (Å²) in [6.07, 6.45) is 4.78. The fraction of sp³-hybridized carbons (Fsp3) is 0.524. The van der Waals surface area contributed by atoms with Gasteiger partial charge in [0.15, 0.2) is 0 Å². The van der Waals surface area contributed by atoms with Crippen molar-refractivity contribution >= 4 is 22.3 Å². The molecule has 0 saturated heterocycles. The molecule has 30 heavy (non-hydrogen) atoms. The number of hydrogen-bond acceptors (Lipinski definition) is 4. The van der Waals surface area contributed by atoms with Crippen molar-refractivity contribution in [3.8, 4) is 5.88 Å². The summed E-state index contributed by atoms with van der Waals surface area (Å²) in [6, 6.07) is 1.40. The molecule has 7 nitrogen and oxygen atoms in total. The molecule has 0 radical (unpaired) electrons. The number of benzene rings is 1. The molecule has 1 aromatic heterocycles. The van der Waals surface area contributed by atoms with Gasteiger partial charge in [-0.3, -0.25) is 0 Å². The molecule has 0 saturated carbocycles. The quantitative estimate of drug-likeness (QED) is 0.726. The second kappa shape index (κ2) is 7.08. The number of alkyl halides is 1. The van der Waals surface area contributed by atoms with Crippen LogP contribution in [0.25, 0.3) is 0 Å². The predicted molar refractivity (Wildman–Crippen MR) is 112 cm³/mol. The zero-order chi connectivity index (χ0) is 21.0. The van der Waals surface area contributed by atoms with Crippen LogP contribution in [0.5, 0.6) is 5.88 Å². The molecule has 1 aromatic carbocycles. The van der Waals surface area contributed by atoms with E-state index in [1.807, 2.05) is 13.8 Å². The Labute approximate surface area is 176 Å². The van der Waals surface area contributed by atoms with Gasteiger partial charge in [0.2, 0.25) is 5.88 Å². The summed E-state index contributed by atoms with van der Waals surface area (Å²) in [5.41, 5.74) is 4.33. The second-order valence-corrected chi connectivity index (χ2v) is 9.81. The van der Waals surface area contributed by atoms with Crippen LogP contribution in [0.2, 0.25) is 0 Å². The van der Waals surface area contributed by atoms with E-state index in [1.54, 1.807) is 4.68 Å². The molecule has 3 aliphatic rings. The standard InChI is InChI=1S/C21H25FN4O3S/c1-3-21(2)11-26-19(29-21)17(10-23-26)30(28)25-20(27)24-18-15-6-4-5-12(15)7-13-8-14(22)9-16(13)18/h7,10,14,30H,3-6,8-9,11H2,1-2H3,(H,24,27)/t14-,21-/m1/s1. The van der Waals surface area contributed by atoms with Crippen LogP contribution in [-0.4, -0.2) is 31.8 Å². The Kier molecular flexibility index (Phi) is 4.61. The first kappa shape index (κ1) is 19.5. The lowest BCUT2D eigenvalue weighted by molar-refractivity contribution is 0.105. The number of nitrogens with zero attached hydrogens (tertiary/aromatic N) is 3. The van der Waals surface area contributed by atoms with E-state index < -0.39 is 28.4 Å². The van der Waals surface area contributed by atoms with Gasteiger partial charge in [-0.2, -0.15) is 5.10 Å². The number of halogens is 1. The number of rotatable bonds is 3. The fourth-order valence-electron chi connectivity index (χ4n) is 4.70. The molecule has 0 fully saturated rings. The molecular formula is C21H25FN4O3S. The van der Waals surface area contributed by atoms with Gasteiger partial charge < -0.3 is 10.1 Å². The smallest absolute Gasteiger partial charge is 0.353 e. The van der Waals surface area contributed by atoms with Crippen LogP contribution in [0.3, 0.4) is 0 Å². The average molecular weight is 433 g/mol. The Morgan fingerprint density at radius 1 is 1.40 bits per heavy atom. The summed E-state index contributed by atoms with van der Waals surface area (Å²) in [6.45, 7) is 4.56. The normalized spacial score (nSPS) is 25.0. The Balaban J connectivity index is 1.42. The van der Waals surface area contributed by atoms with Gasteiger partial charge in [-0.15, -0.1) is 4.36 Å². The maximum atomic E-state index is 14.0. The lowest BCUT2D eigenvalue weighted by atomic mass is 9.99. The van der Waals surface area contributed by atoms with E-state index in [0.29, 0.717) is 35.8 Å². The Morgan fingerprint density at radius 2 is 2.23 bits per heavy atom. The number of aryl methyl sites for hydroxylation is 1. The average Bonchev–Trinajstić information content (AvgIpc) is 3.44. The van der Waals surface area contributed by atoms with E-state index in [9.17, 15) is 13.4 Å². The molecule has 1 unspecified atom stereocenters. The van der Waals surface area contributed by atoms with E-state index in [4.69, 9.17) is 4.74 Å². The lowest BCUT2D eigenvalue weighted by Gasteiger charge is -2.20. The summed E-state index contributed by atoms with van der Waals surface area (Å²) < 4.78 is 38.3. The molecule has 160 valence electrons. The van der Waals surface area contributed by atoms with Gasteiger partial charge in [0.05, 0.1) is 23.3 Å². The number of aromatic nitrogens is 2. The summed E-state index contributed by atoms with van der Waals surface area (Å²) in [4.78, 5) is 13.0. The second-order valence-electron chi connectivity index (χ2n) is 8.59. The number of hydrogen-bond donors (Lipinski definition) is 2. The third kappa shape index (κ3) is 3.19. The van der Waals surface area contributed by atoms with E-state index in [2.05, 4.69) is 20.8 Å². The van der Waals surface area contributed by atoms with Gasteiger partial charge in [-0.25, -0.2) is 18.1 Å². The minimum Gasteiger partial charge on any atom is -0.469 e. The number of carbonyl (C=O) groups excluding carboxylic acids is 1. The number of urea groups is 1. The summed E-state index contributed by atoms with van der Waals surface area (Å²) in [7, 11) is -2.36. The number of anilines is 1. The third-order valence-corrected chi connectivity index (χ3v) is 7.52. The first-order valence-corrected chi connectivity index (χ1v) is 11.6. The Bertz CT molecular complexity index is 1140. The predicted octanol–water partition coefficient (Wildman–Crippen LogP) is 3.63. The van der Waals surface area contributed by atoms with Gasteiger partial charge in [-0.05, 0) is 54.9 Å². The lowest BCUT2D eigenvalue weighted by Crippen LogP contribution is -2.30. The summed E-state index contributed by atoms with van der Waals surface area (Å²) in [5.74, 6) is 0.416. The summed E-state index contributed by atoms with van der Waals surface area (Å²) in [5, 5.41) is 7.06. The molecule has 2 amide bonds. The zero-order valence-electron chi connectivity index (χ0n) is 17.1. The number of ether oxygens (including phenoxy) is 1. The molecule has 2 aliphatic carbocycles. The largest absolute Gasteiger partial charge is 0.469 e. The number of carbonyl (C=O) groups is 1. The van der Waals surface area contributed by atoms with Gasteiger partial charge in [0.1, 0.15) is 16.7 Å². The number of fused-ring (bicyclic) bond motifs is 3. The minimum absolute atomic E-state index is 0.296. The van der Waals surface area contributed by atoms with E-state index >= 15 is 0 Å². The molecule has 0 spiro atoms. The number of amides is 2. The van der Waals surface area contributed by atoms with Crippen LogP contribution in [-0.2, 0) is 42.8 Å². The third-order valence-electron chi connectivity index (χ3n) is 6.43. The van der Waals surface area contributed by atoms with Crippen molar-refractivity contribution in [3.05, 3.63) is 34.5 Å². The first-order chi connectivity index (χ1) is 14.4. The zero-order valence-corrected chi connectivity index (χ0v) is 18.0. The van der Waals surface area contributed by atoms with Crippen molar-refractivity contribution in [1.82, 2.24) is 9.78 Å². The van der Waals surface area contributed by atoms with Gasteiger partial charge in [0, 0.05) is 18.5 Å². The highest BCUT2D eigenvalue weighted by Crippen LogP contribution is 2.39. The Morgan fingerprint density at radius 3 is 3.03 bits per heavy atom. The van der Waals surface area contributed by atoms with Gasteiger partial charge in [-0.1, -0.05) is 13.0 Å². The highest BCUT2D eigenvalue weighted by molar-refractivity contribution is 7.75. The molecule has 0 bridgehead atoms. The van der Waals surface area contributed by atoms with Crippen LogP contribution in [0.15, 0.2) is 21.5 Å². The van der Waals surface area contributed by atoms with Crippen LogP contribution in [0.1, 0.15) is 48.9 Å². The maximum absolute atomic E-state index is 14.0. The van der Waals surface area contributed by atoms with Crippen molar-refractivity contribution < 1.29 is 18.1 Å². The van der Waals surface area contributed by atoms with E-state index in [-0.39, 0.29) is 0 Å². The van der Waals surface area contributed by atoms with E-state index in [0.717, 1.165) is 42.4 Å². The SMILES string of the molecule is CC[C@]1(C)Cn2ncc([SH](=O)=NC(=O)Nc3c4c(cc5c3C[C@H](F)C5)CCC4)c2O1. The van der Waals surface area contributed by atoms with Crippen LogP contribution >= 0.6 is 0 Å². The molecule has 1 N–H and O–H groups in total. The molecule has 2 aromatic rings. The van der Waals surface area contributed by atoms with Crippen molar-refractivity contribution in [2.45, 2.75) is 75.6 Å². The minimum atomic E-state index is -2.36. The molecule has 1 aliphatic heterocycles. The Hall–Kier alpha value is -2.42. The monoisotopic (exact) mass is 432 g/mol. The maximum Gasteiger partial charge on any atom is 0.353 e. The van der Waals surface area contributed by atoms with Gasteiger partial charge >= 0.3 is 6.03 Å². The van der Waals surface area contributed by atoms with E-state index in [1.165, 1.54) is 11.8 Å². The van der Waals surface area contributed by atoms with Crippen LogP contribution in [0, 0.1) is 0 Å². The van der Waals surface area contributed by atoms with Crippen molar-refractivity contribution in [1.29, 1.82) is 0 Å². The highest BCUT2D eigenvalue weighted by Gasteiger charge is 2.36. The highest BCUT2D eigenvalue weighted by atomic mass is 32.2. The van der Waals surface area contributed by atoms with Crippen LogP contribution < -0.4 is 10.1 Å². The van der Waals surface area contributed by atoms with Crippen molar-refractivity contribution in [2.24, 2.45) is 4.36 Å². The molecule has 9 heteroatoms.